The largest absolute Gasteiger partial charge is 0.495 e. The Hall–Kier alpha value is -3.56. The minimum Gasteiger partial charge on any atom is -0.495 e. The lowest BCUT2D eigenvalue weighted by atomic mass is 10.0. The van der Waals surface area contributed by atoms with Crippen LogP contribution in [-0.2, 0) is 32.6 Å². The maximum atomic E-state index is 14.1. The second-order valence-electron chi connectivity index (χ2n) is 9.95. The number of amides is 2. The zero-order chi connectivity index (χ0) is 30.0. The van der Waals surface area contributed by atoms with Gasteiger partial charge in [-0.1, -0.05) is 85.1 Å². The van der Waals surface area contributed by atoms with Crippen molar-refractivity contribution in [2.75, 3.05) is 30.8 Å². The molecule has 0 heterocycles. The molecule has 41 heavy (non-hydrogen) atoms. The number of hydrogen-bond acceptors (Lipinski definition) is 5. The van der Waals surface area contributed by atoms with Crippen LogP contribution in [0.1, 0.15) is 36.5 Å². The van der Waals surface area contributed by atoms with Gasteiger partial charge >= 0.3 is 0 Å². The van der Waals surface area contributed by atoms with Gasteiger partial charge in [-0.3, -0.25) is 13.9 Å². The average Bonchev–Trinajstić information content (AvgIpc) is 2.94. The number of rotatable bonds is 14. The number of ether oxygens (including phenoxy) is 1. The molecular formula is C31H38ClN3O5S. The van der Waals surface area contributed by atoms with Crippen molar-refractivity contribution in [1.82, 2.24) is 10.2 Å². The number of methoxy groups -OCH3 is 1. The fraction of sp³-hybridized carbons (Fsp3) is 0.355. The predicted octanol–water partition coefficient (Wildman–Crippen LogP) is 4.98. The van der Waals surface area contributed by atoms with E-state index in [1.807, 2.05) is 68.4 Å². The summed E-state index contributed by atoms with van der Waals surface area (Å²) in [7, 11) is -2.44. The van der Waals surface area contributed by atoms with E-state index in [9.17, 15) is 18.0 Å². The Morgan fingerprint density at radius 1 is 1.00 bits per heavy atom. The first kappa shape index (κ1) is 32.0. The Morgan fingerprint density at radius 2 is 1.68 bits per heavy atom. The third-order valence-corrected chi connectivity index (χ3v) is 8.11. The van der Waals surface area contributed by atoms with Gasteiger partial charge in [0.15, 0.2) is 0 Å². The highest BCUT2D eigenvalue weighted by Crippen LogP contribution is 2.30. The lowest BCUT2D eigenvalue weighted by Crippen LogP contribution is -2.53. The van der Waals surface area contributed by atoms with E-state index in [2.05, 4.69) is 5.32 Å². The molecule has 0 aliphatic carbocycles. The van der Waals surface area contributed by atoms with Crippen molar-refractivity contribution in [3.63, 3.8) is 0 Å². The van der Waals surface area contributed by atoms with E-state index in [4.69, 9.17) is 16.3 Å². The minimum atomic E-state index is -3.90. The topological polar surface area (TPSA) is 96.0 Å². The van der Waals surface area contributed by atoms with Gasteiger partial charge in [0.05, 0.1) is 24.1 Å². The molecule has 0 radical (unpaired) electrons. The van der Waals surface area contributed by atoms with Crippen LogP contribution in [0.4, 0.5) is 5.69 Å². The van der Waals surface area contributed by atoms with Gasteiger partial charge in [0.1, 0.15) is 18.3 Å². The first-order chi connectivity index (χ1) is 19.5. The lowest BCUT2D eigenvalue weighted by Gasteiger charge is -2.33. The molecule has 0 saturated heterocycles. The summed E-state index contributed by atoms with van der Waals surface area (Å²) >= 11 is 6.29. The molecule has 0 spiro atoms. The maximum absolute atomic E-state index is 14.1. The van der Waals surface area contributed by atoms with E-state index in [-0.39, 0.29) is 29.6 Å². The molecule has 8 nitrogen and oxygen atoms in total. The van der Waals surface area contributed by atoms with Gasteiger partial charge in [0.25, 0.3) is 0 Å². The molecule has 3 aromatic carbocycles. The van der Waals surface area contributed by atoms with Gasteiger partial charge in [-0.15, -0.1) is 0 Å². The van der Waals surface area contributed by atoms with Gasteiger partial charge in [0, 0.05) is 19.5 Å². The van der Waals surface area contributed by atoms with E-state index in [0.29, 0.717) is 12.3 Å². The molecule has 0 aliphatic rings. The highest BCUT2D eigenvalue weighted by atomic mass is 35.5. The fourth-order valence-electron chi connectivity index (χ4n) is 4.37. The number of aryl methyl sites for hydroxylation is 1. The van der Waals surface area contributed by atoms with Crippen molar-refractivity contribution in [2.45, 2.75) is 45.7 Å². The molecule has 220 valence electrons. The third-order valence-electron chi connectivity index (χ3n) is 6.68. The lowest BCUT2D eigenvalue weighted by molar-refractivity contribution is -0.140. The molecule has 2 amide bonds. The Morgan fingerprint density at radius 3 is 2.27 bits per heavy atom. The van der Waals surface area contributed by atoms with Crippen molar-refractivity contribution in [3.05, 3.63) is 94.5 Å². The van der Waals surface area contributed by atoms with E-state index < -0.39 is 28.5 Å². The summed E-state index contributed by atoms with van der Waals surface area (Å²) in [6, 6.07) is 20.8. The number of sulfonamides is 1. The Bertz CT molecular complexity index is 1420. The molecule has 10 heteroatoms. The number of unbranched alkanes of at least 4 members (excludes halogenated alkanes) is 1. The zero-order valence-corrected chi connectivity index (χ0v) is 25.5. The van der Waals surface area contributed by atoms with Crippen LogP contribution in [0.3, 0.4) is 0 Å². The van der Waals surface area contributed by atoms with Crippen molar-refractivity contribution in [2.24, 2.45) is 0 Å². The van der Waals surface area contributed by atoms with Crippen LogP contribution in [-0.4, -0.2) is 57.6 Å². The Labute approximate surface area is 248 Å². The van der Waals surface area contributed by atoms with E-state index >= 15 is 0 Å². The molecule has 3 aromatic rings. The highest BCUT2D eigenvalue weighted by molar-refractivity contribution is 7.92. The summed E-state index contributed by atoms with van der Waals surface area (Å²) in [6.07, 6.45) is 3.00. The molecule has 0 aromatic heterocycles. The number of benzene rings is 3. The fourth-order valence-corrected chi connectivity index (χ4v) is 5.47. The summed E-state index contributed by atoms with van der Waals surface area (Å²) in [5, 5.41) is 3.18. The van der Waals surface area contributed by atoms with E-state index in [1.165, 1.54) is 24.1 Å². The van der Waals surface area contributed by atoms with Crippen LogP contribution in [0.2, 0.25) is 5.02 Å². The Balaban J connectivity index is 2.04. The van der Waals surface area contributed by atoms with Crippen LogP contribution >= 0.6 is 11.6 Å². The second kappa shape index (κ2) is 14.9. The van der Waals surface area contributed by atoms with Gasteiger partial charge in [0.2, 0.25) is 21.8 Å². The summed E-state index contributed by atoms with van der Waals surface area (Å²) < 4.78 is 32.0. The SMILES string of the molecule is CCCCNC(=O)[C@@H](Cc1ccccc1)N(Cc1ccc(C)cc1)C(=O)CN(c1ccc(OC)c(Cl)c1)S(C)(=O)=O. The van der Waals surface area contributed by atoms with Gasteiger partial charge in [-0.2, -0.15) is 0 Å². The second-order valence-corrected chi connectivity index (χ2v) is 12.3. The number of halogens is 1. The molecule has 0 fully saturated rings. The molecule has 0 aliphatic heterocycles. The smallest absolute Gasteiger partial charge is 0.244 e. The monoisotopic (exact) mass is 599 g/mol. The number of nitrogens with one attached hydrogen (secondary N) is 1. The van der Waals surface area contributed by atoms with Gasteiger partial charge in [-0.25, -0.2) is 8.42 Å². The van der Waals surface area contributed by atoms with Crippen molar-refractivity contribution >= 4 is 39.1 Å². The zero-order valence-electron chi connectivity index (χ0n) is 24.0. The van der Waals surface area contributed by atoms with Gasteiger partial charge in [-0.05, 0) is 42.7 Å². The number of carbonyl (C=O) groups excluding carboxylic acids is 2. The maximum Gasteiger partial charge on any atom is 0.244 e. The first-order valence-corrected chi connectivity index (χ1v) is 15.7. The normalized spacial score (nSPS) is 11.9. The standard InChI is InChI=1S/C31H38ClN3O5S/c1-5-6-18-33-31(37)28(19-24-10-8-7-9-11-24)34(21-25-14-12-23(2)13-15-25)30(36)22-35(41(4,38)39)26-16-17-29(40-3)27(32)20-26/h7-17,20,28H,5-6,18-19,21-22H2,1-4H3,(H,33,37)/t28-/m1/s1. The van der Waals surface area contributed by atoms with Crippen LogP contribution in [0.25, 0.3) is 0 Å². The van der Waals surface area contributed by atoms with E-state index in [1.54, 1.807) is 6.07 Å². The predicted molar refractivity (Wildman–Crippen MR) is 164 cm³/mol. The van der Waals surface area contributed by atoms with Gasteiger partial charge < -0.3 is 15.0 Å². The quantitative estimate of drug-likeness (QED) is 0.264. The molecule has 0 unspecified atom stereocenters. The summed E-state index contributed by atoms with van der Waals surface area (Å²) in [6.45, 7) is 4.09. The van der Waals surface area contributed by atoms with Crippen molar-refractivity contribution in [3.8, 4) is 5.75 Å². The van der Waals surface area contributed by atoms with Crippen LogP contribution in [0, 0.1) is 6.92 Å². The highest BCUT2D eigenvalue weighted by Gasteiger charge is 2.33. The number of nitrogens with zero attached hydrogens (tertiary/aromatic N) is 2. The van der Waals surface area contributed by atoms with Crippen LogP contribution in [0.15, 0.2) is 72.8 Å². The number of anilines is 1. The molecule has 0 bridgehead atoms. The molecule has 1 N–H and O–H groups in total. The molecule has 0 saturated carbocycles. The first-order valence-electron chi connectivity index (χ1n) is 13.5. The molecule has 3 rings (SSSR count). The Kier molecular flexibility index (Phi) is 11.6. The summed E-state index contributed by atoms with van der Waals surface area (Å²) in [5.74, 6) is -0.432. The summed E-state index contributed by atoms with van der Waals surface area (Å²) in [4.78, 5) is 29.2. The average molecular weight is 600 g/mol. The molecular weight excluding hydrogens is 562 g/mol. The van der Waals surface area contributed by atoms with Crippen molar-refractivity contribution < 1.29 is 22.7 Å². The summed E-state index contributed by atoms with van der Waals surface area (Å²) in [5.41, 5.74) is 2.98. The van der Waals surface area contributed by atoms with Crippen molar-refractivity contribution in [1.29, 1.82) is 0 Å². The van der Waals surface area contributed by atoms with Crippen LogP contribution < -0.4 is 14.4 Å². The number of carbonyl (C=O) groups is 2. The third kappa shape index (κ3) is 9.23. The number of hydrogen-bond donors (Lipinski definition) is 1. The molecule has 1 atom stereocenters. The van der Waals surface area contributed by atoms with E-state index in [0.717, 1.165) is 40.1 Å². The van der Waals surface area contributed by atoms with Crippen LogP contribution in [0.5, 0.6) is 5.75 Å². The minimum absolute atomic E-state index is 0.124.